The fourth-order valence-corrected chi connectivity index (χ4v) is 4.06. The summed E-state index contributed by atoms with van der Waals surface area (Å²) >= 11 is 0. The zero-order chi connectivity index (χ0) is 25.8. The van der Waals surface area contributed by atoms with Gasteiger partial charge < -0.3 is 20.9 Å². The van der Waals surface area contributed by atoms with Crippen LogP contribution in [0.1, 0.15) is 34.7 Å². The number of rotatable bonds is 8. The Bertz CT molecular complexity index is 968. The number of carbonyl (C=O) groups is 1. The predicted molar refractivity (Wildman–Crippen MR) is 114 cm³/mol. The van der Waals surface area contributed by atoms with Gasteiger partial charge in [0.15, 0.2) is 6.29 Å². The van der Waals surface area contributed by atoms with Gasteiger partial charge in [0, 0.05) is 6.54 Å². The van der Waals surface area contributed by atoms with Gasteiger partial charge in [0.1, 0.15) is 0 Å². The van der Waals surface area contributed by atoms with Gasteiger partial charge in [0.25, 0.3) is 0 Å². The van der Waals surface area contributed by atoms with Crippen LogP contribution in [-0.4, -0.2) is 42.8 Å². The van der Waals surface area contributed by atoms with Gasteiger partial charge in [-0.25, -0.2) is 0 Å². The molecule has 1 heterocycles. The molecule has 1 aliphatic rings. The Labute approximate surface area is 197 Å². The molecule has 192 valence electrons. The van der Waals surface area contributed by atoms with E-state index in [0.29, 0.717) is 17.7 Å². The number of carbonyl (C=O) groups excluding carboxylic acids is 1. The highest BCUT2D eigenvalue weighted by Crippen LogP contribution is 2.37. The maximum Gasteiger partial charge on any atom is 0.416 e. The van der Waals surface area contributed by atoms with Crippen LogP contribution >= 0.6 is 0 Å². The number of hydrogen-bond acceptors (Lipinski definition) is 5. The van der Waals surface area contributed by atoms with Crippen LogP contribution in [-0.2, 0) is 33.2 Å². The quantitative estimate of drug-likeness (QED) is 0.532. The highest BCUT2D eigenvalue weighted by atomic mass is 19.4. The summed E-state index contributed by atoms with van der Waals surface area (Å²) < 4.78 is 90.7. The number of benzene rings is 2. The van der Waals surface area contributed by atoms with Crippen LogP contribution in [0.25, 0.3) is 0 Å². The number of halogens is 6. The van der Waals surface area contributed by atoms with Crippen molar-refractivity contribution in [1.82, 2.24) is 4.90 Å². The molecule has 0 saturated carbocycles. The van der Waals surface area contributed by atoms with E-state index in [0.717, 1.165) is 0 Å². The minimum atomic E-state index is -4.97. The summed E-state index contributed by atoms with van der Waals surface area (Å²) in [5, 5.41) is 0. The van der Waals surface area contributed by atoms with Crippen molar-refractivity contribution in [3.05, 3.63) is 70.8 Å². The van der Waals surface area contributed by atoms with E-state index in [4.69, 9.17) is 20.9 Å². The zero-order valence-corrected chi connectivity index (χ0v) is 18.5. The molecule has 0 radical (unpaired) electrons. The topological polar surface area (TPSA) is 90.8 Å². The van der Waals surface area contributed by atoms with Crippen molar-refractivity contribution < 1.29 is 40.6 Å². The molecule has 12 heteroatoms. The largest absolute Gasteiger partial charge is 0.416 e. The molecule has 0 bridgehead atoms. The highest BCUT2D eigenvalue weighted by Gasteiger charge is 2.40. The number of nitrogens with zero attached hydrogens (tertiary/aromatic N) is 1. The molecule has 1 aliphatic heterocycles. The van der Waals surface area contributed by atoms with Crippen molar-refractivity contribution in [2.24, 2.45) is 11.5 Å². The lowest BCUT2D eigenvalue weighted by molar-refractivity contribution is -0.222. The lowest BCUT2D eigenvalue weighted by Crippen LogP contribution is -2.55. The summed E-state index contributed by atoms with van der Waals surface area (Å²) in [6, 6.07) is 8.52. The van der Waals surface area contributed by atoms with E-state index in [1.807, 2.05) is 0 Å². The van der Waals surface area contributed by atoms with Crippen molar-refractivity contribution in [2.45, 2.75) is 43.8 Å². The molecule has 0 aromatic heterocycles. The summed E-state index contributed by atoms with van der Waals surface area (Å²) in [6.45, 7) is -0.0387. The van der Waals surface area contributed by atoms with Gasteiger partial charge in [-0.3, -0.25) is 9.69 Å². The van der Waals surface area contributed by atoms with Crippen LogP contribution in [0.5, 0.6) is 0 Å². The lowest BCUT2D eigenvalue weighted by Gasteiger charge is -2.44. The molecule has 3 unspecified atom stereocenters. The molecule has 3 rings (SSSR count). The van der Waals surface area contributed by atoms with E-state index in [1.54, 1.807) is 35.2 Å². The molecule has 2 aromatic rings. The number of ether oxygens (including phenoxy) is 2. The Morgan fingerprint density at radius 1 is 1.06 bits per heavy atom. The van der Waals surface area contributed by atoms with Crippen LogP contribution in [0.15, 0.2) is 48.5 Å². The average Bonchev–Trinajstić information content (AvgIpc) is 2.80. The fourth-order valence-electron chi connectivity index (χ4n) is 4.06. The molecule has 4 N–H and O–H groups in total. The second-order valence-corrected chi connectivity index (χ2v) is 8.05. The van der Waals surface area contributed by atoms with Crippen molar-refractivity contribution >= 4 is 5.91 Å². The molecule has 1 fully saturated rings. The van der Waals surface area contributed by atoms with Gasteiger partial charge in [-0.2, -0.15) is 26.3 Å². The molecule has 6 nitrogen and oxygen atoms in total. The Morgan fingerprint density at radius 2 is 1.66 bits per heavy atom. The van der Waals surface area contributed by atoms with Crippen LogP contribution in [0, 0.1) is 0 Å². The summed E-state index contributed by atoms with van der Waals surface area (Å²) in [5.74, 6) is -0.621. The third-order valence-electron chi connectivity index (χ3n) is 5.62. The first-order valence-corrected chi connectivity index (χ1v) is 10.7. The van der Waals surface area contributed by atoms with Gasteiger partial charge in [-0.05, 0) is 42.3 Å². The fraction of sp³-hybridized carbons (Fsp3) is 0.435. The highest BCUT2D eigenvalue weighted by molar-refractivity contribution is 5.80. The summed E-state index contributed by atoms with van der Waals surface area (Å²) in [4.78, 5) is 13.9. The van der Waals surface area contributed by atoms with E-state index in [1.165, 1.54) is 0 Å². The third-order valence-corrected chi connectivity index (χ3v) is 5.62. The minimum absolute atomic E-state index is 0.0550. The molecule has 2 aromatic carbocycles. The summed E-state index contributed by atoms with van der Waals surface area (Å²) in [6.07, 6.45) is -10.8. The number of morpholine rings is 1. The standard InChI is InChI=1S/C23H25F6N3O3/c24-22(25,26)16-10-14(11-17(12-16)23(27,28)29)13-35-21-19(15-4-2-1-3-5-15)32(8-9-34-21)18(6-7-30)20(31)33/h1-5,10-12,18-19,21H,6-9,13,30H2,(H2,31,33). The maximum atomic E-state index is 13.2. The van der Waals surface area contributed by atoms with Crippen LogP contribution in [0.2, 0.25) is 0 Å². The number of amides is 1. The third kappa shape index (κ3) is 6.72. The Morgan fingerprint density at radius 3 is 2.17 bits per heavy atom. The van der Waals surface area contributed by atoms with Crippen LogP contribution < -0.4 is 11.5 Å². The molecule has 3 atom stereocenters. The van der Waals surface area contributed by atoms with Crippen molar-refractivity contribution in [3.63, 3.8) is 0 Å². The van der Waals surface area contributed by atoms with E-state index >= 15 is 0 Å². The number of primary amides is 1. The Balaban J connectivity index is 1.93. The van der Waals surface area contributed by atoms with Crippen molar-refractivity contribution in [1.29, 1.82) is 0 Å². The lowest BCUT2D eigenvalue weighted by atomic mass is 9.99. The molecule has 1 saturated heterocycles. The predicted octanol–water partition coefficient (Wildman–Crippen LogP) is 3.84. The minimum Gasteiger partial charge on any atom is -0.368 e. The second kappa shape index (κ2) is 10.9. The first-order valence-electron chi connectivity index (χ1n) is 10.7. The molecule has 0 spiro atoms. The van der Waals surface area contributed by atoms with Gasteiger partial charge in [0.2, 0.25) is 5.91 Å². The number of nitrogens with two attached hydrogens (primary N) is 2. The molecule has 1 amide bonds. The first kappa shape index (κ1) is 26.9. The SMILES string of the molecule is NCCC(C(N)=O)N1CCOC(OCc2cc(C(F)(F)F)cc(C(F)(F)F)c2)C1c1ccccc1. The van der Waals surface area contributed by atoms with Crippen molar-refractivity contribution in [2.75, 3.05) is 19.7 Å². The summed E-state index contributed by atoms with van der Waals surface area (Å²) in [7, 11) is 0. The average molecular weight is 505 g/mol. The normalized spacial score (nSPS) is 20.5. The van der Waals surface area contributed by atoms with E-state index < -0.39 is 54.4 Å². The first-order chi connectivity index (χ1) is 16.4. The Hall–Kier alpha value is -2.67. The van der Waals surface area contributed by atoms with Gasteiger partial charge >= 0.3 is 12.4 Å². The van der Waals surface area contributed by atoms with E-state index in [9.17, 15) is 31.1 Å². The molecular weight excluding hydrogens is 480 g/mol. The summed E-state index contributed by atoms with van der Waals surface area (Å²) in [5.41, 5.74) is 8.70. The van der Waals surface area contributed by atoms with Crippen LogP contribution in [0.4, 0.5) is 26.3 Å². The molecular formula is C23H25F6N3O3. The second-order valence-electron chi connectivity index (χ2n) is 8.05. The van der Waals surface area contributed by atoms with E-state index in [-0.39, 0.29) is 37.7 Å². The van der Waals surface area contributed by atoms with Gasteiger partial charge in [-0.1, -0.05) is 30.3 Å². The van der Waals surface area contributed by atoms with Crippen LogP contribution in [0.3, 0.4) is 0 Å². The molecule has 0 aliphatic carbocycles. The number of alkyl halides is 6. The smallest absolute Gasteiger partial charge is 0.368 e. The molecule has 35 heavy (non-hydrogen) atoms. The zero-order valence-electron chi connectivity index (χ0n) is 18.5. The number of hydrogen-bond donors (Lipinski definition) is 2. The maximum absolute atomic E-state index is 13.2. The Kier molecular flexibility index (Phi) is 8.42. The van der Waals surface area contributed by atoms with E-state index in [2.05, 4.69) is 0 Å². The van der Waals surface area contributed by atoms with Gasteiger partial charge in [-0.15, -0.1) is 0 Å². The monoisotopic (exact) mass is 505 g/mol. The van der Waals surface area contributed by atoms with Crippen molar-refractivity contribution in [3.8, 4) is 0 Å². The van der Waals surface area contributed by atoms with Gasteiger partial charge in [0.05, 0.1) is 36.4 Å².